The highest BCUT2D eigenvalue weighted by atomic mass is 35.5. The van der Waals surface area contributed by atoms with E-state index < -0.39 is 6.04 Å². The third-order valence-corrected chi connectivity index (χ3v) is 3.59. The SMILES string of the molecule is Nc1cccc(-c2nnc([C@H](N)c3ccccc3Cl)o2)c1O. The van der Waals surface area contributed by atoms with E-state index in [-0.39, 0.29) is 23.2 Å². The van der Waals surface area contributed by atoms with Crippen molar-refractivity contribution in [2.24, 2.45) is 5.73 Å². The summed E-state index contributed by atoms with van der Waals surface area (Å²) >= 11 is 6.11. The van der Waals surface area contributed by atoms with Gasteiger partial charge in [0.2, 0.25) is 5.89 Å². The smallest absolute Gasteiger partial charge is 0.251 e. The molecule has 2 aromatic carbocycles. The molecule has 3 aromatic rings. The van der Waals surface area contributed by atoms with Crippen molar-refractivity contribution in [1.82, 2.24) is 10.2 Å². The van der Waals surface area contributed by atoms with Crippen LogP contribution in [0, 0.1) is 0 Å². The molecule has 1 atom stereocenters. The van der Waals surface area contributed by atoms with E-state index in [0.29, 0.717) is 16.1 Å². The molecule has 0 radical (unpaired) electrons. The zero-order valence-corrected chi connectivity index (χ0v) is 12.2. The monoisotopic (exact) mass is 316 g/mol. The second kappa shape index (κ2) is 5.67. The molecular weight excluding hydrogens is 304 g/mol. The number of nitrogens with zero attached hydrogens (tertiary/aromatic N) is 2. The number of para-hydroxylation sites is 1. The highest BCUT2D eigenvalue weighted by molar-refractivity contribution is 6.31. The molecule has 0 fully saturated rings. The van der Waals surface area contributed by atoms with Gasteiger partial charge in [-0.3, -0.25) is 0 Å². The lowest BCUT2D eigenvalue weighted by Crippen LogP contribution is -2.12. The third-order valence-electron chi connectivity index (χ3n) is 3.24. The number of aromatic nitrogens is 2. The molecular formula is C15H13ClN4O2. The molecule has 6 nitrogen and oxygen atoms in total. The summed E-state index contributed by atoms with van der Waals surface area (Å²) in [5.74, 6) is 0.233. The van der Waals surface area contributed by atoms with Crippen molar-refractivity contribution in [2.75, 3.05) is 5.73 Å². The fourth-order valence-corrected chi connectivity index (χ4v) is 2.32. The molecule has 7 heteroatoms. The molecule has 1 aromatic heterocycles. The van der Waals surface area contributed by atoms with Crippen molar-refractivity contribution < 1.29 is 9.52 Å². The van der Waals surface area contributed by atoms with Crippen LogP contribution in [0.25, 0.3) is 11.5 Å². The van der Waals surface area contributed by atoms with E-state index in [4.69, 9.17) is 27.5 Å². The Kier molecular flexibility index (Phi) is 3.70. The van der Waals surface area contributed by atoms with Gasteiger partial charge >= 0.3 is 0 Å². The lowest BCUT2D eigenvalue weighted by atomic mass is 10.1. The van der Waals surface area contributed by atoms with Gasteiger partial charge in [-0.15, -0.1) is 10.2 Å². The van der Waals surface area contributed by atoms with Crippen molar-refractivity contribution in [3.8, 4) is 17.2 Å². The van der Waals surface area contributed by atoms with E-state index in [9.17, 15) is 5.11 Å². The summed E-state index contributed by atoms with van der Waals surface area (Å²) in [6.07, 6.45) is 0. The maximum Gasteiger partial charge on any atom is 0.251 e. The van der Waals surface area contributed by atoms with Crippen LogP contribution in [0.4, 0.5) is 5.69 Å². The molecule has 0 aliphatic carbocycles. The molecule has 0 saturated heterocycles. The van der Waals surface area contributed by atoms with Crippen LogP contribution >= 0.6 is 11.6 Å². The molecule has 5 N–H and O–H groups in total. The number of anilines is 1. The fraction of sp³-hybridized carbons (Fsp3) is 0.0667. The molecule has 0 bridgehead atoms. The molecule has 22 heavy (non-hydrogen) atoms. The molecule has 0 spiro atoms. The van der Waals surface area contributed by atoms with Crippen molar-refractivity contribution in [2.45, 2.75) is 6.04 Å². The number of hydrogen-bond donors (Lipinski definition) is 3. The molecule has 0 unspecified atom stereocenters. The lowest BCUT2D eigenvalue weighted by Gasteiger charge is -2.09. The maximum atomic E-state index is 9.95. The van der Waals surface area contributed by atoms with Gasteiger partial charge in [-0.1, -0.05) is 35.9 Å². The molecule has 112 valence electrons. The first-order valence-electron chi connectivity index (χ1n) is 6.49. The highest BCUT2D eigenvalue weighted by Crippen LogP contribution is 2.34. The van der Waals surface area contributed by atoms with Crippen LogP contribution in [0.1, 0.15) is 17.5 Å². The quantitative estimate of drug-likeness (QED) is 0.506. The van der Waals surface area contributed by atoms with Gasteiger partial charge in [0.25, 0.3) is 5.89 Å². The first kappa shape index (κ1) is 14.4. The first-order chi connectivity index (χ1) is 10.6. The van der Waals surface area contributed by atoms with Crippen LogP contribution in [0.3, 0.4) is 0 Å². The summed E-state index contributed by atoms with van der Waals surface area (Å²) in [5, 5.41) is 18.3. The van der Waals surface area contributed by atoms with Crippen LogP contribution < -0.4 is 11.5 Å². The minimum atomic E-state index is -0.654. The number of benzene rings is 2. The number of phenols is 1. The standard InChI is InChI=1S/C15H13ClN4O2/c16-10-6-2-1-4-8(10)12(18)15-20-19-14(22-15)9-5-3-7-11(17)13(9)21/h1-7,12,21H,17-18H2/t12-/m1/s1. The van der Waals surface area contributed by atoms with Crippen molar-refractivity contribution >= 4 is 17.3 Å². The second-order valence-corrected chi connectivity index (χ2v) is 5.10. The Balaban J connectivity index is 1.97. The summed E-state index contributed by atoms with van der Waals surface area (Å²) in [7, 11) is 0. The van der Waals surface area contributed by atoms with Crippen LogP contribution in [-0.2, 0) is 0 Å². The maximum absolute atomic E-state index is 9.95. The summed E-state index contributed by atoms with van der Waals surface area (Å²) in [4.78, 5) is 0. The van der Waals surface area contributed by atoms with Gasteiger partial charge in [-0.25, -0.2) is 0 Å². The Hall–Kier alpha value is -2.57. The summed E-state index contributed by atoms with van der Waals surface area (Å²) in [5.41, 5.74) is 13.0. The van der Waals surface area contributed by atoms with E-state index in [0.717, 1.165) is 0 Å². The van der Waals surface area contributed by atoms with Crippen LogP contribution in [0.15, 0.2) is 46.9 Å². The Labute approximate surface area is 131 Å². The Morgan fingerprint density at radius 2 is 1.86 bits per heavy atom. The Bertz CT molecular complexity index is 819. The van der Waals surface area contributed by atoms with Gasteiger partial charge in [-0.05, 0) is 23.8 Å². The van der Waals surface area contributed by atoms with Crippen molar-refractivity contribution in [1.29, 1.82) is 0 Å². The van der Waals surface area contributed by atoms with Crippen LogP contribution in [0.2, 0.25) is 5.02 Å². The van der Waals surface area contributed by atoms with Gasteiger partial charge in [0, 0.05) is 5.02 Å². The van der Waals surface area contributed by atoms with Gasteiger partial charge in [0.15, 0.2) is 5.75 Å². The molecule has 3 rings (SSSR count). The van der Waals surface area contributed by atoms with Crippen LogP contribution in [0.5, 0.6) is 5.75 Å². The van der Waals surface area contributed by atoms with E-state index >= 15 is 0 Å². The molecule has 1 heterocycles. The zero-order valence-electron chi connectivity index (χ0n) is 11.4. The van der Waals surface area contributed by atoms with Gasteiger partial charge < -0.3 is 21.0 Å². The van der Waals surface area contributed by atoms with Crippen molar-refractivity contribution in [3.63, 3.8) is 0 Å². The third kappa shape index (κ3) is 2.49. The summed E-state index contributed by atoms with van der Waals surface area (Å²) in [6.45, 7) is 0. The Morgan fingerprint density at radius 3 is 2.64 bits per heavy atom. The predicted octanol–water partition coefficient (Wildman–Crippen LogP) is 2.73. The topological polar surface area (TPSA) is 111 Å². The van der Waals surface area contributed by atoms with Gasteiger partial charge in [-0.2, -0.15) is 0 Å². The van der Waals surface area contributed by atoms with E-state index in [2.05, 4.69) is 10.2 Å². The first-order valence-corrected chi connectivity index (χ1v) is 6.87. The van der Waals surface area contributed by atoms with E-state index in [1.807, 2.05) is 12.1 Å². The summed E-state index contributed by atoms with van der Waals surface area (Å²) < 4.78 is 5.56. The number of aromatic hydroxyl groups is 1. The molecule has 0 aliphatic rings. The number of nitrogens with two attached hydrogens (primary N) is 2. The number of nitrogen functional groups attached to an aromatic ring is 1. The minimum absolute atomic E-state index is 0.107. The number of hydrogen-bond acceptors (Lipinski definition) is 6. The van der Waals surface area contributed by atoms with Crippen LogP contribution in [-0.4, -0.2) is 15.3 Å². The lowest BCUT2D eigenvalue weighted by molar-refractivity contribution is 0.464. The molecule has 0 saturated carbocycles. The van der Waals surface area contributed by atoms with Gasteiger partial charge in [0.05, 0.1) is 11.3 Å². The fourth-order valence-electron chi connectivity index (χ4n) is 2.06. The highest BCUT2D eigenvalue weighted by Gasteiger charge is 2.20. The largest absolute Gasteiger partial charge is 0.505 e. The van der Waals surface area contributed by atoms with E-state index in [1.165, 1.54) is 0 Å². The van der Waals surface area contributed by atoms with Crippen molar-refractivity contribution in [3.05, 3.63) is 58.9 Å². The normalized spacial score (nSPS) is 12.3. The number of phenolic OH excluding ortho intramolecular Hbond substituents is 1. The average Bonchev–Trinajstić information content (AvgIpc) is 2.99. The van der Waals surface area contributed by atoms with Gasteiger partial charge in [0.1, 0.15) is 6.04 Å². The zero-order chi connectivity index (χ0) is 15.7. The van der Waals surface area contributed by atoms with E-state index in [1.54, 1.807) is 30.3 Å². The number of rotatable bonds is 3. The molecule has 0 amide bonds. The summed E-state index contributed by atoms with van der Waals surface area (Å²) in [6, 6.07) is 11.4. The average molecular weight is 317 g/mol. The Morgan fingerprint density at radius 1 is 1.09 bits per heavy atom. The second-order valence-electron chi connectivity index (χ2n) is 4.69. The molecule has 0 aliphatic heterocycles. The predicted molar refractivity (Wildman–Crippen MR) is 83.3 cm³/mol. The number of halogens is 1. The minimum Gasteiger partial charge on any atom is -0.505 e.